The van der Waals surface area contributed by atoms with Crippen LogP contribution in [0.4, 0.5) is 5.69 Å². The Labute approximate surface area is 223 Å². The van der Waals surface area contributed by atoms with Crippen molar-refractivity contribution in [2.45, 2.75) is 31.7 Å². The van der Waals surface area contributed by atoms with Crippen molar-refractivity contribution in [1.82, 2.24) is 19.6 Å². The molecule has 9 nitrogen and oxygen atoms in total. The van der Waals surface area contributed by atoms with Gasteiger partial charge in [-0.25, -0.2) is 4.98 Å². The molecule has 3 aromatic rings. The smallest absolute Gasteiger partial charge is 0.261 e. The number of hydrogen-bond donors (Lipinski definition) is 1. The Morgan fingerprint density at radius 2 is 1.84 bits per heavy atom. The molecule has 4 aliphatic rings. The standard InChI is InChI=1S/C28H23ClN6O3/c29-17-7-8-21-31-14-20(35(21)15-17)22-23(27(37)32-26(22)36)24-18-6-4-5-16-13-19(34(25(16)18)12-9-30-24)28(38)33-10-2-1-3-11-33/h4-9,12,14-15,19H,1-3,10-11,13H2,(H,32,36,37). The van der Waals surface area contributed by atoms with Gasteiger partial charge in [-0.15, -0.1) is 0 Å². The third-order valence-corrected chi connectivity index (χ3v) is 7.88. The lowest BCUT2D eigenvalue weighted by atomic mass is 9.94. The lowest BCUT2D eigenvalue weighted by Gasteiger charge is -2.32. The minimum absolute atomic E-state index is 0.108. The van der Waals surface area contributed by atoms with Gasteiger partial charge in [-0.1, -0.05) is 29.8 Å². The zero-order valence-corrected chi connectivity index (χ0v) is 21.1. The van der Waals surface area contributed by atoms with Crippen LogP contribution in [-0.4, -0.2) is 56.8 Å². The number of imidazole rings is 1. The molecule has 7 rings (SSSR count). The van der Waals surface area contributed by atoms with Gasteiger partial charge in [0, 0.05) is 43.7 Å². The number of benzene rings is 1. The maximum Gasteiger partial charge on any atom is 0.261 e. The number of imide groups is 1. The topological polar surface area (TPSA) is 99.4 Å². The van der Waals surface area contributed by atoms with Gasteiger partial charge in [0.2, 0.25) is 5.91 Å². The van der Waals surface area contributed by atoms with E-state index in [9.17, 15) is 14.4 Å². The van der Waals surface area contributed by atoms with E-state index in [1.165, 1.54) is 0 Å². The number of pyridine rings is 1. The van der Waals surface area contributed by atoms with Gasteiger partial charge in [0.1, 0.15) is 11.7 Å². The summed E-state index contributed by atoms with van der Waals surface area (Å²) < 4.78 is 1.69. The van der Waals surface area contributed by atoms with Crippen LogP contribution in [0.15, 0.2) is 65.7 Å². The Kier molecular flexibility index (Phi) is 5.23. The number of likely N-dealkylation sites (tertiary alicyclic amines) is 1. The number of nitrogens with one attached hydrogen (secondary N) is 1. The highest BCUT2D eigenvalue weighted by molar-refractivity contribution is 6.47. The van der Waals surface area contributed by atoms with Gasteiger partial charge in [0.15, 0.2) is 0 Å². The van der Waals surface area contributed by atoms with Crippen LogP contribution in [0.2, 0.25) is 5.02 Å². The molecule has 1 unspecified atom stereocenters. The van der Waals surface area contributed by atoms with Gasteiger partial charge < -0.3 is 9.80 Å². The van der Waals surface area contributed by atoms with Crippen molar-refractivity contribution in [3.05, 3.63) is 82.5 Å². The van der Waals surface area contributed by atoms with Crippen LogP contribution in [0.3, 0.4) is 0 Å². The predicted molar refractivity (Wildman–Crippen MR) is 143 cm³/mol. The summed E-state index contributed by atoms with van der Waals surface area (Å²) in [6.45, 7) is 1.55. The maximum atomic E-state index is 13.6. The second kappa shape index (κ2) is 8.66. The van der Waals surface area contributed by atoms with E-state index in [4.69, 9.17) is 11.6 Å². The van der Waals surface area contributed by atoms with Crippen molar-refractivity contribution in [3.63, 3.8) is 0 Å². The van der Waals surface area contributed by atoms with E-state index in [0.29, 0.717) is 34.1 Å². The summed E-state index contributed by atoms with van der Waals surface area (Å²) in [5, 5.41) is 2.91. The third-order valence-electron chi connectivity index (χ3n) is 7.66. The van der Waals surface area contributed by atoms with Crippen molar-refractivity contribution < 1.29 is 14.4 Å². The summed E-state index contributed by atoms with van der Waals surface area (Å²) in [6.07, 6.45) is 10.4. The van der Waals surface area contributed by atoms with Crippen LogP contribution in [0.5, 0.6) is 0 Å². The molecule has 0 radical (unpaired) electrons. The van der Waals surface area contributed by atoms with Gasteiger partial charge in [-0.2, -0.15) is 0 Å². The minimum atomic E-state index is -0.529. The van der Waals surface area contributed by atoms with E-state index in [-0.39, 0.29) is 23.1 Å². The predicted octanol–water partition coefficient (Wildman–Crippen LogP) is 3.12. The zero-order valence-electron chi connectivity index (χ0n) is 20.4. The molecule has 190 valence electrons. The Bertz CT molecular complexity index is 1650. The molecular formula is C28H23ClN6O3. The number of nitrogens with zero attached hydrogens (tertiary/aromatic N) is 5. The van der Waals surface area contributed by atoms with Crippen molar-refractivity contribution in [3.8, 4) is 0 Å². The van der Waals surface area contributed by atoms with E-state index in [0.717, 1.165) is 43.6 Å². The Morgan fingerprint density at radius 3 is 2.68 bits per heavy atom. The molecule has 2 aromatic heterocycles. The highest BCUT2D eigenvalue weighted by Crippen LogP contribution is 2.40. The first kappa shape index (κ1) is 22.9. The molecule has 10 heteroatoms. The lowest BCUT2D eigenvalue weighted by molar-refractivity contribution is -0.133. The fourth-order valence-corrected chi connectivity index (χ4v) is 6.10. The number of hydrogen-bond acceptors (Lipinski definition) is 6. The zero-order chi connectivity index (χ0) is 26.0. The monoisotopic (exact) mass is 526 g/mol. The summed E-state index contributed by atoms with van der Waals surface area (Å²) in [6, 6.07) is 8.89. The molecule has 1 saturated heterocycles. The van der Waals surface area contributed by atoms with E-state index in [1.807, 2.05) is 28.0 Å². The average molecular weight is 527 g/mol. The van der Waals surface area contributed by atoms with Crippen LogP contribution in [0.1, 0.15) is 36.1 Å². The number of aromatic nitrogens is 2. The van der Waals surface area contributed by atoms with E-state index >= 15 is 0 Å². The van der Waals surface area contributed by atoms with Gasteiger partial charge in [-0.05, 0) is 37.0 Å². The molecule has 6 heterocycles. The Balaban J connectivity index is 1.36. The Hall–Kier alpha value is -4.24. The number of piperidine rings is 1. The molecule has 1 N–H and O–H groups in total. The van der Waals surface area contributed by atoms with E-state index in [1.54, 1.807) is 41.3 Å². The fourth-order valence-electron chi connectivity index (χ4n) is 5.94. The van der Waals surface area contributed by atoms with Gasteiger partial charge in [0.25, 0.3) is 11.8 Å². The molecule has 1 fully saturated rings. The van der Waals surface area contributed by atoms with Crippen molar-refractivity contribution in [2.75, 3.05) is 18.0 Å². The maximum absolute atomic E-state index is 13.6. The number of amides is 3. The highest BCUT2D eigenvalue weighted by Gasteiger charge is 2.42. The first-order valence-electron chi connectivity index (χ1n) is 12.7. The lowest BCUT2D eigenvalue weighted by Crippen LogP contribution is -2.47. The summed E-state index contributed by atoms with van der Waals surface area (Å²) in [7, 11) is 0. The largest absolute Gasteiger partial charge is 0.341 e. The molecular weight excluding hydrogens is 504 g/mol. The molecule has 0 aliphatic carbocycles. The Morgan fingerprint density at radius 1 is 1.03 bits per heavy atom. The average Bonchev–Trinajstić information content (AvgIpc) is 3.54. The summed E-state index contributed by atoms with van der Waals surface area (Å²) >= 11 is 6.23. The summed E-state index contributed by atoms with van der Waals surface area (Å²) in [5.41, 5.74) is 4.31. The molecule has 0 spiro atoms. The van der Waals surface area contributed by atoms with Crippen LogP contribution in [0.25, 0.3) is 11.2 Å². The molecule has 1 atom stereocenters. The van der Waals surface area contributed by atoms with E-state index < -0.39 is 11.8 Å². The van der Waals surface area contributed by atoms with Gasteiger partial charge >= 0.3 is 0 Å². The first-order chi connectivity index (χ1) is 18.5. The number of anilines is 1. The number of aliphatic imine (C=N–C) groups is 1. The molecule has 3 amide bonds. The van der Waals surface area contributed by atoms with E-state index in [2.05, 4.69) is 15.3 Å². The molecule has 1 aromatic carbocycles. The number of fused-ring (bicyclic) bond motifs is 1. The van der Waals surface area contributed by atoms with Crippen LogP contribution in [-0.2, 0) is 20.8 Å². The number of carbonyl (C=O) groups excluding carboxylic acids is 3. The SMILES string of the molecule is O=C1NC(=O)C(c2cnc3ccc(Cl)cn23)=C1C1=NC=CN2c3c(cccc31)CC2C(=O)N1CCCCC1. The quantitative estimate of drug-likeness (QED) is 0.529. The highest BCUT2D eigenvalue weighted by atomic mass is 35.5. The second-order valence-corrected chi connectivity index (χ2v) is 10.3. The molecule has 4 aliphatic heterocycles. The minimum Gasteiger partial charge on any atom is -0.341 e. The molecule has 0 saturated carbocycles. The second-order valence-electron chi connectivity index (χ2n) is 9.85. The number of para-hydroxylation sites is 1. The van der Waals surface area contributed by atoms with Crippen molar-refractivity contribution >= 4 is 51.9 Å². The van der Waals surface area contributed by atoms with Crippen LogP contribution < -0.4 is 10.2 Å². The van der Waals surface area contributed by atoms with Crippen LogP contribution in [0, 0.1) is 0 Å². The molecule has 0 bridgehead atoms. The van der Waals surface area contributed by atoms with Crippen molar-refractivity contribution in [1.29, 1.82) is 0 Å². The molecule has 38 heavy (non-hydrogen) atoms. The normalized spacial score (nSPS) is 20.7. The summed E-state index contributed by atoms with van der Waals surface area (Å²) in [4.78, 5) is 52.9. The van der Waals surface area contributed by atoms with Crippen molar-refractivity contribution in [2.24, 2.45) is 4.99 Å². The summed E-state index contributed by atoms with van der Waals surface area (Å²) in [5.74, 6) is -0.944. The fraction of sp³-hybridized carbons (Fsp3) is 0.250. The van der Waals surface area contributed by atoms with Crippen LogP contribution >= 0.6 is 11.6 Å². The number of halogens is 1. The van der Waals surface area contributed by atoms with Gasteiger partial charge in [0.05, 0.1) is 39.5 Å². The first-order valence-corrected chi connectivity index (χ1v) is 13.1. The third kappa shape index (κ3) is 3.42. The number of rotatable bonds is 3. The van der Waals surface area contributed by atoms with Gasteiger partial charge in [-0.3, -0.25) is 29.1 Å². The number of carbonyl (C=O) groups is 3.